The van der Waals surface area contributed by atoms with Crippen molar-refractivity contribution in [3.05, 3.63) is 47.7 Å². The molecule has 1 aliphatic rings. The van der Waals surface area contributed by atoms with Crippen molar-refractivity contribution in [2.24, 2.45) is 13.0 Å². The van der Waals surface area contributed by atoms with Crippen LogP contribution >= 0.6 is 11.8 Å². The lowest BCUT2D eigenvalue weighted by Crippen LogP contribution is -2.25. The van der Waals surface area contributed by atoms with Crippen molar-refractivity contribution in [1.82, 2.24) is 15.0 Å². The predicted molar refractivity (Wildman–Crippen MR) is 113 cm³/mol. The molecule has 2 N–H and O–H groups in total. The first-order chi connectivity index (χ1) is 13.6. The topological polar surface area (TPSA) is 68.2 Å². The van der Waals surface area contributed by atoms with E-state index in [1.807, 2.05) is 29.8 Å². The number of carbonyl (C=O) groups is 1. The lowest BCUT2D eigenvalue weighted by atomic mass is 10.1. The first kappa shape index (κ1) is 18.8. The minimum absolute atomic E-state index is 0.264. The van der Waals surface area contributed by atoms with Crippen LogP contribution in [0.15, 0.2) is 41.4 Å². The highest BCUT2D eigenvalue weighted by Gasteiger charge is 2.25. The standard InChI is InChI=1S/C21H24N4O2S/c1-13-11-15(28-3)8-9-17(13)23-20-18(21(26)24-27-12-14-6-7-14)16-5-4-10-22-19(16)25(20)2/h4-5,8-11,14,23H,6-7,12H2,1-3H3,(H,24,26). The normalized spacial score (nSPS) is 13.7. The van der Waals surface area contributed by atoms with E-state index in [0.29, 0.717) is 23.9 Å². The molecule has 1 aromatic carbocycles. The van der Waals surface area contributed by atoms with Crippen LogP contribution in [0.4, 0.5) is 11.5 Å². The second kappa shape index (κ2) is 7.85. The Labute approximate surface area is 168 Å². The Morgan fingerprint density at radius 2 is 2.18 bits per heavy atom. The number of aryl methyl sites for hydroxylation is 2. The molecule has 1 aliphatic carbocycles. The monoisotopic (exact) mass is 396 g/mol. The molecule has 2 aromatic heterocycles. The molecule has 0 unspecified atom stereocenters. The van der Waals surface area contributed by atoms with Crippen molar-refractivity contribution >= 4 is 40.2 Å². The van der Waals surface area contributed by atoms with Crippen molar-refractivity contribution in [3.63, 3.8) is 0 Å². The summed E-state index contributed by atoms with van der Waals surface area (Å²) in [6, 6.07) is 9.99. The zero-order valence-corrected chi connectivity index (χ0v) is 17.1. The third kappa shape index (κ3) is 3.72. The van der Waals surface area contributed by atoms with Gasteiger partial charge in [0, 0.05) is 29.2 Å². The van der Waals surface area contributed by atoms with Crippen LogP contribution in [-0.2, 0) is 11.9 Å². The minimum Gasteiger partial charge on any atom is -0.341 e. The molecule has 1 saturated carbocycles. The maximum absolute atomic E-state index is 12.9. The molecule has 2 heterocycles. The van der Waals surface area contributed by atoms with Gasteiger partial charge in [0.05, 0.1) is 12.2 Å². The molecular weight excluding hydrogens is 372 g/mol. The van der Waals surface area contributed by atoms with E-state index in [2.05, 4.69) is 41.1 Å². The van der Waals surface area contributed by atoms with E-state index in [-0.39, 0.29) is 5.91 Å². The summed E-state index contributed by atoms with van der Waals surface area (Å²) in [5.41, 5.74) is 5.96. The zero-order chi connectivity index (χ0) is 19.7. The van der Waals surface area contributed by atoms with E-state index in [0.717, 1.165) is 22.3 Å². The highest BCUT2D eigenvalue weighted by molar-refractivity contribution is 7.98. The summed E-state index contributed by atoms with van der Waals surface area (Å²) in [5, 5.41) is 4.23. The first-order valence-corrected chi connectivity index (χ1v) is 10.6. The second-order valence-corrected chi connectivity index (χ2v) is 8.03. The number of carbonyl (C=O) groups excluding carboxylic acids is 1. The Morgan fingerprint density at radius 1 is 1.36 bits per heavy atom. The number of aromatic nitrogens is 2. The summed E-state index contributed by atoms with van der Waals surface area (Å²) in [7, 11) is 1.91. The van der Waals surface area contributed by atoms with Crippen LogP contribution in [0.1, 0.15) is 28.8 Å². The summed E-state index contributed by atoms with van der Waals surface area (Å²) < 4.78 is 1.91. The number of amides is 1. The largest absolute Gasteiger partial charge is 0.341 e. The molecule has 0 saturated heterocycles. The molecule has 1 fully saturated rings. The van der Waals surface area contributed by atoms with Gasteiger partial charge in [-0.1, -0.05) is 0 Å². The lowest BCUT2D eigenvalue weighted by molar-refractivity contribution is 0.0272. The predicted octanol–water partition coefficient (Wildman–Crippen LogP) is 4.42. The maximum Gasteiger partial charge on any atom is 0.279 e. The molecule has 3 aromatic rings. The number of hydroxylamine groups is 1. The van der Waals surface area contributed by atoms with Crippen LogP contribution in [0.5, 0.6) is 0 Å². The fraction of sp³-hybridized carbons (Fsp3) is 0.333. The fourth-order valence-corrected chi connectivity index (χ4v) is 3.73. The molecule has 0 bridgehead atoms. The lowest BCUT2D eigenvalue weighted by Gasteiger charge is -2.14. The second-order valence-electron chi connectivity index (χ2n) is 7.15. The van der Waals surface area contributed by atoms with Gasteiger partial charge in [-0.3, -0.25) is 9.63 Å². The summed E-state index contributed by atoms with van der Waals surface area (Å²) in [4.78, 5) is 24.0. The van der Waals surface area contributed by atoms with Crippen LogP contribution in [0.2, 0.25) is 0 Å². The third-order valence-electron chi connectivity index (χ3n) is 5.04. The number of rotatable bonds is 7. The van der Waals surface area contributed by atoms with Gasteiger partial charge in [-0.2, -0.15) is 0 Å². The molecule has 0 radical (unpaired) electrons. The summed E-state index contributed by atoms with van der Waals surface area (Å²) in [5.74, 6) is 1.01. The molecule has 6 nitrogen and oxygen atoms in total. The maximum atomic E-state index is 12.9. The van der Waals surface area contributed by atoms with Crippen LogP contribution in [-0.4, -0.2) is 28.3 Å². The van der Waals surface area contributed by atoms with Crippen molar-refractivity contribution in [2.75, 3.05) is 18.2 Å². The van der Waals surface area contributed by atoms with Crippen molar-refractivity contribution in [3.8, 4) is 0 Å². The van der Waals surface area contributed by atoms with E-state index in [1.54, 1.807) is 18.0 Å². The van der Waals surface area contributed by atoms with Crippen LogP contribution in [0, 0.1) is 12.8 Å². The van der Waals surface area contributed by atoms with Gasteiger partial charge >= 0.3 is 0 Å². The molecule has 4 rings (SSSR count). The van der Waals surface area contributed by atoms with Crippen LogP contribution in [0.3, 0.4) is 0 Å². The fourth-order valence-electron chi connectivity index (χ4n) is 3.23. The quantitative estimate of drug-likeness (QED) is 0.457. The Morgan fingerprint density at radius 3 is 2.89 bits per heavy atom. The van der Waals surface area contributed by atoms with Gasteiger partial charge in [0.2, 0.25) is 0 Å². The van der Waals surface area contributed by atoms with Crippen molar-refractivity contribution in [1.29, 1.82) is 0 Å². The number of anilines is 2. The van der Waals surface area contributed by atoms with Gasteiger partial charge in [-0.15, -0.1) is 11.8 Å². The van der Waals surface area contributed by atoms with Gasteiger partial charge < -0.3 is 9.88 Å². The van der Waals surface area contributed by atoms with E-state index in [4.69, 9.17) is 4.84 Å². The van der Waals surface area contributed by atoms with E-state index in [1.165, 1.54) is 17.7 Å². The Balaban J connectivity index is 1.69. The van der Waals surface area contributed by atoms with Gasteiger partial charge in [0.15, 0.2) is 0 Å². The molecule has 0 spiro atoms. The van der Waals surface area contributed by atoms with E-state index >= 15 is 0 Å². The number of nitrogens with zero attached hydrogens (tertiary/aromatic N) is 2. The number of pyridine rings is 1. The minimum atomic E-state index is -0.264. The Kier molecular flexibility index (Phi) is 5.28. The van der Waals surface area contributed by atoms with Crippen molar-refractivity contribution in [2.45, 2.75) is 24.7 Å². The first-order valence-electron chi connectivity index (χ1n) is 9.35. The highest BCUT2D eigenvalue weighted by Crippen LogP contribution is 2.33. The van der Waals surface area contributed by atoms with E-state index < -0.39 is 0 Å². The van der Waals surface area contributed by atoms with Crippen molar-refractivity contribution < 1.29 is 9.63 Å². The van der Waals surface area contributed by atoms with Gasteiger partial charge in [0.25, 0.3) is 5.91 Å². The number of fused-ring (bicyclic) bond motifs is 1. The van der Waals surface area contributed by atoms with Gasteiger partial charge in [0.1, 0.15) is 11.5 Å². The SMILES string of the molecule is CSc1ccc(Nc2c(C(=O)NOCC3CC3)c3cccnc3n2C)c(C)c1. The number of hydrogen-bond acceptors (Lipinski definition) is 5. The summed E-state index contributed by atoms with van der Waals surface area (Å²) in [6.07, 6.45) is 6.13. The number of thioether (sulfide) groups is 1. The molecule has 7 heteroatoms. The molecule has 1 amide bonds. The molecule has 146 valence electrons. The zero-order valence-electron chi connectivity index (χ0n) is 16.3. The highest BCUT2D eigenvalue weighted by atomic mass is 32.2. The Hall–Kier alpha value is -2.51. The third-order valence-corrected chi connectivity index (χ3v) is 5.77. The summed E-state index contributed by atoms with van der Waals surface area (Å²) in [6.45, 7) is 2.62. The molecule has 0 atom stereocenters. The van der Waals surface area contributed by atoms with Crippen LogP contribution in [0.25, 0.3) is 11.0 Å². The summed E-state index contributed by atoms with van der Waals surface area (Å²) >= 11 is 1.71. The number of benzene rings is 1. The molecule has 0 aliphatic heterocycles. The van der Waals surface area contributed by atoms with Crippen LogP contribution < -0.4 is 10.8 Å². The smallest absolute Gasteiger partial charge is 0.279 e. The average Bonchev–Trinajstić information content (AvgIpc) is 3.48. The van der Waals surface area contributed by atoms with Gasteiger partial charge in [-0.05, 0) is 67.8 Å². The van der Waals surface area contributed by atoms with E-state index in [9.17, 15) is 4.79 Å². The number of hydrogen-bond donors (Lipinski definition) is 2. The molecule has 28 heavy (non-hydrogen) atoms. The molecular formula is C21H24N4O2S. The Bertz CT molecular complexity index is 1030. The van der Waals surface area contributed by atoms with Gasteiger partial charge in [-0.25, -0.2) is 10.5 Å². The number of nitrogens with one attached hydrogen (secondary N) is 2. The average molecular weight is 397 g/mol.